The van der Waals surface area contributed by atoms with E-state index in [0.717, 1.165) is 5.92 Å². The van der Waals surface area contributed by atoms with E-state index in [2.05, 4.69) is 60.1 Å². The van der Waals surface area contributed by atoms with Gasteiger partial charge in [-0.25, -0.2) is 0 Å². The van der Waals surface area contributed by atoms with Gasteiger partial charge < -0.3 is 0 Å². The SMILES string of the molecule is CCC(Br)C(CC)Cc1ccccc1. The minimum atomic E-state index is 0.660. The van der Waals surface area contributed by atoms with Crippen LogP contribution in [0.2, 0.25) is 0 Å². The number of halogens is 1. The molecule has 0 heterocycles. The molecule has 1 heteroatoms. The first-order valence-corrected chi connectivity index (χ1v) is 6.37. The summed E-state index contributed by atoms with van der Waals surface area (Å²) in [6, 6.07) is 10.8. The summed E-state index contributed by atoms with van der Waals surface area (Å²) in [4.78, 5) is 0.660. The third-order valence-corrected chi connectivity index (χ3v) is 4.16. The van der Waals surface area contributed by atoms with Gasteiger partial charge in [0.25, 0.3) is 0 Å². The first-order chi connectivity index (χ1) is 6.77. The van der Waals surface area contributed by atoms with Crippen LogP contribution < -0.4 is 0 Å². The van der Waals surface area contributed by atoms with Gasteiger partial charge in [0.2, 0.25) is 0 Å². The van der Waals surface area contributed by atoms with Crippen molar-refractivity contribution in [1.82, 2.24) is 0 Å². The first kappa shape index (κ1) is 11.8. The van der Waals surface area contributed by atoms with Crippen LogP contribution in [0.4, 0.5) is 0 Å². The average Bonchev–Trinajstić information content (AvgIpc) is 2.26. The van der Waals surface area contributed by atoms with E-state index >= 15 is 0 Å². The number of alkyl halides is 1. The van der Waals surface area contributed by atoms with E-state index in [9.17, 15) is 0 Å². The number of hydrogen-bond donors (Lipinski definition) is 0. The first-order valence-electron chi connectivity index (χ1n) is 5.45. The van der Waals surface area contributed by atoms with Crippen LogP contribution >= 0.6 is 15.9 Å². The molecule has 1 rings (SSSR count). The fourth-order valence-electron chi connectivity index (χ4n) is 1.78. The molecule has 2 unspecified atom stereocenters. The maximum atomic E-state index is 3.76. The molecule has 0 aromatic heterocycles. The predicted octanol–water partition coefficient (Wildman–Crippen LogP) is 4.43. The van der Waals surface area contributed by atoms with E-state index in [1.807, 2.05) is 0 Å². The van der Waals surface area contributed by atoms with Crippen molar-refractivity contribution in [2.45, 2.75) is 37.9 Å². The number of benzene rings is 1. The van der Waals surface area contributed by atoms with E-state index in [1.165, 1.54) is 24.8 Å². The van der Waals surface area contributed by atoms with Crippen LogP contribution in [-0.2, 0) is 6.42 Å². The average molecular weight is 255 g/mol. The van der Waals surface area contributed by atoms with Gasteiger partial charge in [0, 0.05) is 4.83 Å². The molecule has 14 heavy (non-hydrogen) atoms. The molecule has 0 aliphatic rings. The Morgan fingerprint density at radius 1 is 1.07 bits per heavy atom. The van der Waals surface area contributed by atoms with E-state index in [0.29, 0.717) is 4.83 Å². The lowest BCUT2D eigenvalue weighted by atomic mass is 9.93. The van der Waals surface area contributed by atoms with Crippen molar-refractivity contribution in [1.29, 1.82) is 0 Å². The van der Waals surface area contributed by atoms with Crippen molar-refractivity contribution >= 4 is 15.9 Å². The molecule has 0 saturated carbocycles. The van der Waals surface area contributed by atoms with E-state index < -0.39 is 0 Å². The monoisotopic (exact) mass is 254 g/mol. The van der Waals surface area contributed by atoms with Crippen molar-refractivity contribution < 1.29 is 0 Å². The van der Waals surface area contributed by atoms with Gasteiger partial charge in [0.15, 0.2) is 0 Å². The molecular weight excluding hydrogens is 236 g/mol. The Bertz CT molecular complexity index is 243. The van der Waals surface area contributed by atoms with Gasteiger partial charge in [-0.2, -0.15) is 0 Å². The zero-order chi connectivity index (χ0) is 10.4. The second-order valence-electron chi connectivity index (χ2n) is 3.78. The Hall–Kier alpha value is -0.300. The van der Waals surface area contributed by atoms with Crippen molar-refractivity contribution in [3.05, 3.63) is 35.9 Å². The van der Waals surface area contributed by atoms with Crippen molar-refractivity contribution in [3.63, 3.8) is 0 Å². The third kappa shape index (κ3) is 3.45. The number of rotatable bonds is 5. The van der Waals surface area contributed by atoms with Gasteiger partial charge in [0.05, 0.1) is 0 Å². The highest BCUT2D eigenvalue weighted by molar-refractivity contribution is 9.09. The van der Waals surface area contributed by atoms with Crippen LogP contribution in [-0.4, -0.2) is 4.83 Å². The molecule has 2 atom stereocenters. The highest BCUT2D eigenvalue weighted by atomic mass is 79.9. The van der Waals surface area contributed by atoms with Crippen LogP contribution in [0.3, 0.4) is 0 Å². The number of hydrogen-bond acceptors (Lipinski definition) is 0. The van der Waals surface area contributed by atoms with Gasteiger partial charge in [-0.15, -0.1) is 0 Å². The Kier molecular flexibility index (Phi) is 5.24. The molecule has 0 aliphatic carbocycles. The molecule has 0 amide bonds. The van der Waals surface area contributed by atoms with Gasteiger partial charge in [0.1, 0.15) is 0 Å². The zero-order valence-electron chi connectivity index (χ0n) is 9.04. The van der Waals surface area contributed by atoms with Crippen molar-refractivity contribution in [3.8, 4) is 0 Å². The highest BCUT2D eigenvalue weighted by Crippen LogP contribution is 2.23. The normalized spacial score (nSPS) is 15.1. The van der Waals surface area contributed by atoms with Gasteiger partial charge in [-0.1, -0.05) is 66.5 Å². The summed E-state index contributed by atoms with van der Waals surface area (Å²) in [7, 11) is 0. The van der Waals surface area contributed by atoms with E-state index in [4.69, 9.17) is 0 Å². The van der Waals surface area contributed by atoms with Gasteiger partial charge in [-0.05, 0) is 24.3 Å². The predicted molar refractivity (Wildman–Crippen MR) is 66.9 cm³/mol. The van der Waals surface area contributed by atoms with Crippen LogP contribution in [0.5, 0.6) is 0 Å². The smallest absolute Gasteiger partial charge is 0.0174 e. The Morgan fingerprint density at radius 3 is 2.21 bits per heavy atom. The van der Waals surface area contributed by atoms with E-state index in [1.54, 1.807) is 0 Å². The summed E-state index contributed by atoms with van der Waals surface area (Å²) >= 11 is 3.76. The molecule has 0 nitrogen and oxygen atoms in total. The van der Waals surface area contributed by atoms with E-state index in [-0.39, 0.29) is 0 Å². The largest absolute Gasteiger partial charge is 0.0888 e. The van der Waals surface area contributed by atoms with Crippen LogP contribution in [0.15, 0.2) is 30.3 Å². The lowest BCUT2D eigenvalue weighted by Crippen LogP contribution is -2.15. The maximum Gasteiger partial charge on any atom is 0.0174 e. The summed E-state index contributed by atoms with van der Waals surface area (Å²) in [5.41, 5.74) is 1.46. The molecule has 0 aliphatic heterocycles. The molecule has 0 saturated heterocycles. The Morgan fingerprint density at radius 2 is 1.71 bits per heavy atom. The Balaban J connectivity index is 2.57. The molecule has 0 bridgehead atoms. The van der Waals surface area contributed by atoms with Crippen molar-refractivity contribution in [2.24, 2.45) is 5.92 Å². The highest BCUT2D eigenvalue weighted by Gasteiger charge is 2.15. The van der Waals surface area contributed by atoms with Gasteiger partial charge >= 0.3 is 0 Å². The molecule has 0 N–H and O–H groups in total. The lowest BCUT2D eigenvalue weighted by molar-refractivity contribution is 0.482. The molecule has 78 valence electrons. The summed E-state index contributed by atoms with van der Waals surface area (Å²) in [5.74, 6) is 0.766. The van der Waals surface area contributed by atoms with Crippen molar-refractivity contribution in [2.75, 3.05) is 0 Å². The molecule has 0 radical (unpaired) electrons. The third-order valence-electron chi connectivity index (χ3n) is 2.77. The van der Waals surface area contributed by atoms with Crippen LogP contribution in [0.25, 0.3) is 0 Å². The van der Waals surface area contributed by atoms with Crippen LogP contribution in [0.1, 0.15) is 32.3 Å². The molecule has 0 fully saturated rings. The standard InChI is InChI=1S/C13H19Br/c1-3-12(13(14)4-2)10-11-8-6-5-7-9-11/h5-9,12-13H,3-4,10H2,1-2H3. The fourth-order valence-corrected chi connectivity index (χ4v) is 2.34. The summed E-state index contributed by atoms with van der Waals surface area (Å²) in [6.45, 7) is 4.52. The van der Waals surface area contributed by atoms with Gasteiger partial charge in [-0.3, -0.25) is 0 Å². The minimum absolute atomic E-state index is 0.660. The molecule has 1 aromatic rings. The summed E-state index contributed by atoms with van der Waals surface area (Å²) in [5, 5.41) is 0. The quantitative estimate of drug-likeness (QED) is 0.683. The zero-order valence-corrected chi connectivity index (χ0v) is 10.6. The topological polar surface area (TPSA) is 0 Å². The summed E-state index contributed by atoms with van der Waals surface area (Å²) < 4.78 is 0. The Labute approximate surface area is 95.9 Å². The fraction of sp³-hybridized carbons (Fsp3) is 0.538. The molecular formula is C13H19Br. The maximum absolute atomic E-state index is 3.76. The minimum Gasteiger partial charge on any atom is -0.0888 e. The molecule has 1 aromatic carbocycles. The second kappa shape index (κ2) is 6.23. The molecule has 0 spiro atoms. The summed E-state index contributed by atoms with van der Waals surface area (Å²) in [6.07, 6.45) is 3.66. The van der Waals surface area contributed by atoms with Crippen LogP contribution in [0, 0.1) is 5.92 Å². The second-order valence-corrected chi connectivity index (χ2v) is 4.96. The lowest BCUT2D eigenvalue weighted by Gasteiger charge is -2.19.